The molecule has 1 unspecified atom stereocenters. The average Bonchev–Trinajstić information content (AvgIpc) is 3.01. The van der Waals surface area contributed by atoms with Gasteiger partial charge in [-0.15, -0.1) is 10.2 Å². The largest absolute Gasteiger partial charge is 0.370 e. The van der Waals surface area contributed by atoms with Crippen molar-refractivity contribution in [3.63, 3.8) is 0 Å². The van der Waals surface area contributed by atoms with Gasteiger partial charge in [-0.3, -0.25) is 4.99 Å². The lowest BCUT2D eigenvalue weighted by atomic mass is 10.00. The molecular weight excluding hydrogens is 316 g/mol. The summed E-state index contributed by atoms with van der Waals surface area (Å²) in [6.07, 6.45) is 1.76. The number of aryl methyl sites for hydroxylation is 3. The van der Waals surface area contributed by atoms with Crippen LogP contribution < -0.4 is 5.32 Å². The molecule has 1 aromatic carbocycles. The highest BCUT2D eigenvalue weighted by atomic mass is 16.5. The number of nitrogens with zero attached hydrogens (tertiary/aromatic N) is 5. The fraction of sp³-hybridized carbons (Fsp3) is 0.500. The number of benzene rings is 1. The fourth-order valence-corrected chi connectivity index (χ4v) is 3.17. The number of morpholine rings is 1. The maximum Gasteiger partial charge on any atom is 0.194 e. The first-order valence-corrected chi connectivity index (χ1v) is 8.55. The van der Waals surface area contributed by atoms with Crippen molar-refractivity contribution in [2.75, 3.05) is 26.7 Å². The van der Waals surface area contributed by atoms with Gasteiger partial charge in [0.25, 0.3) is 0 Å². The van der Waals surface area contributed by atoms with E-state index >= 15 is 0 Å². The van der Waals surface area contributed by atoms with Crippen molar-refractivity contribution in [2.24, 2.45) is 12.0 Å². The smallest absolute Gasteiger partial charge is 0.194 e. The minimum atomic E-state index is 0.0581. The first-order valence-electron chi connectivity index (χ1n) is 8.55. The zero-order valence-electron chi connectivity index (χ0n) is 15.4. The molecule has 7 heteroatoms. The van der Waals surface area contributed by atoms with E-state index in [9.17, 15) is 0 Å². The third-order valence-corrected chi connectivity index (χ3v) is 4.56. The van der Waals surface area contributed by atoms with Crippen LogP contribution >= 0.6 is 0 Å². The molecule has 0 bridgehead atoms. The van der Waals surface area contributed by atoms with E-state index in [1.54, 1.807) is 13.4 Å². The van der Waals surface area contributed by atoms with Crippen LogP contribution in [0.2, 0.25) is 0 Å². The molecule has 1 atom stereocenters. The van der Waals surface area contributed by atoms with Crippen LogP contribution in [-0.2, 0) is 18.3 Å². The first kappa shape index (κ1) is 17.4. The van der Waals surface area contributed by atoms with E-state index in [0.717, 1.165) is 24.9 Å². The molecule has 1 aliphatic heterocycles. The predicted molar refractivity (Wildman–Crippen MR) is 97.4 cm³/mol. The average molecular weight is 342 g/mol. The van der Waals surface area contributed by atoms with E-state index < -0.39 is 0 Å². The summed E-state index contributed by atoms with van der Waals surface area (Å²) >= 11 is 0. The van der Waals surface area contributed by atoms with Crippen LogP contribution in [-0.4, -0.2) is 52.4 Å². The minimum absolute atomic E-state index is 0.0581. The molecule has 2 heterocycles. The van der Waals surface area contributed by atoms with E-state index in [1.807, 2.05) is 11.6 Å². The Balaban J connectivity index is 1.67. The standard InChI is InChI=1S/C18H26N6O/c1-13-5-6-15(14(2)9-13)16-11-24(7-8-25-16)18(19-3)20-10-17-22-21-12-23(17)4/h5-6,9,12,16H,7-8,10-11H2,1-4H3,(H,19,20). The molecule has 134 valence electrons. The third-order valence-electron chi connectivity index (χ3n) is 4.56. The fourth-order valence-electron chi connectivity index (χ4n) is 3.17. The Hall–Kier alpha value is -2.41. The summed E-state index contributed by atoms with van der Waals surface area (Å²) in [5, 5.41) is 11.4. The number of aromatic nitrogens is 3. The van der Waals surface area contributed by atoms with Crippen molar-refractivity contribution in [1.82, 2.24) is 25.0 Å². The Labute approximate surface area is 148 Å². The van der Waals surface area contributed by atoms with Crippen LogP contribution in [0.3, 0.4) is 0 Å². The molecular formula is C18H26N6O. The van der Waals surface area contributed by atoms with Crippen molar-refractivity contribution in [3.05, 3.63) is 47.0 Å². The molecule has 1 fully saturated rings. The number of nitrogens with one attached hydrogen (secondary N) is 1. The Morgan fingerprint density at radius 1 is 1.40 bits per heavy atom. The molecule has 25 heavy (non-hydrogen) atoms. The number of rotatable bonds is 3. The molecule has 1 aliphatic rings. The molecule has 0 saturated carbocycles. The number of aliphatic imine (C=N–C) groups is 1. The number of hydrogen-bond acceptors (Lipinski definition) is 4. The Morgan fingerprint density at radius 2 is 2.24 bits per heavy atom. The quantitative estimate of drug-likeness (QED) is 0.678. The maximum atomic E-state index is 6.03. The zero-order chi connectivity index (χ0) is 17.8. The SMILES string of the molecule is CN=C(NCc1nncn1C)N1CCOC(c2ccc(C)cc2C)C1. The van der Waals surface area contributed by atoms with Gasteiger partial charge < -0.3 is 19.5 Å². The maximum absolute atomic E-state index is 6.03. The number of ether oxygens (including phenoxy) is 1. The first-order chi connectivity index (χ1) is 12.1. The minimum Gasteiger partial charge on any atom is -0.370 e. The molecule has 1 N–H and O–H groups in total. The molecule has 2 aromatic rings. The second-order valence-corrected chi connectivity index (χ2v) is 6.42. The summed E-state index contributed by atoms with van der Waals surface area (Å²) in [4.78, 5) is 6.66. The van der Waals surface area contributed by atoms with Crippen LogP contribution in [0.25, 0.3) is 0 Å². The van der Waals surface area contributed by atoms with Crippen molar-refractivity contribution in [2.45, 2.75) is 26.5 Å². The van der Waals surface area contributed by atoms with Crippen LogP contribution in [0.1, 0.15) is 28.6 Å². The van der Waals surface area contributed by atoms with Gasteiger partial charge in [-0.05, 0) is 25.0 Å². The van der Waals surface area contributed by atoms with Gasteiger partial charge in [0.05, 0.1) is 19.7 Å². The summed E-state index contributed by atoms with van der Waals surface area (Å²) in [6, 6.07) is 6.53. The highest BCUT2D eigenvalue weighted by Crippen LogP contribution is 2.25. The Kier molecular flexibility index (Phi) is 5.33. The number of hydrogen-bond donors (Lipinski definition) is 1. The van der Waals surface area contributed by atoms with Crippen LogP contribution in [0.4, 0.5) is 0 Å². The van der Waals surface area contributed by atoms with Gasteiger partial charge in [-0.1, -0.05) is 23.8 Å². The normalized spacial score (nSPS) is 18.5. The van der Waals surface area contributed by atoms with Gasteiger partial charge in [0.15, 0.2) is 11.8 Å². The molecule has 0 spiro atoms. The Bertz CT molecular complexity index is 754. The topological polar surface area (TPSA) is 67.6 Å². The van der Waals surface area contributed by atoms with Crippen LogP contribution in [0.5, 0.6) is 0 Å². The lowest BCUT2D eigenvalue weighted by Crippen LogP contribution is -2.48. The summed E-state index contributed by atoms with van der Waals surface area (Å²) < 4.78 is 7.93. The third kappa shape index (κ3) is 3.99. The summed E-state index contributed by atoms with van der Waals surface area (Å²) in [5.74, 6) is 1.74. The van der Waals surface area contributed by atoms with Gasteiger partial charge >= 0.3 is 0 Å². The van der Waals surface area contributed by atoms with Crippen LogP contribution in [0, 0.1) is 13.8 Å². The van der Waals surface area contributed by atoms with Gasteiger partial charge in [0.1, 0.15) is 12.4 Å². The van der Waals surface area contributed by atoms with Crippen molar-refractivity contribution >= 4 is 5.96 Å². The van der Waals surface area contributed by atoms with Gasteiger partial charge in [0.2, 0.25) is 0 Å². The predicted octanol–water partition coefficient (Wildman–Crippen LogP) is 1.58. The van der Waals surface area contributed by atoms with E-state index in [0.29, 0.717) is 13.2 Å². The molecule has 7 nitrogen and oxygen atoms in total. The van der Waals surface area contributed by atoms with Crippen molar-refractivity contribution in [1.29, 1.82) is 0 Å². The monoisotopic (exact) mass is 342 g/mol. The van der Waals surface area contributed by atoms with E-state index in [-0.39, 0.29) is 6.10 Å². The highest BCUT2D eigenvalue weighted by molar-refractivity contribution is 5.80. The van der Waals surface area contributed by atoms with E-state index in [1.165, 1.54) is 16.7 Å². The second-order valence-electron chi connectivity index (χ2n) is 6.42. The van der Waals surface area contributed by atoms with E-state index in [2.05, 4.69) is 57.5 Å². The van der Waals surface area contributed by atoms with Gasteiger partial charge in [-0.2, -0.15) is 0 Å². The van der Waals surface area contributed by atoms with Crippen molar-refractivity contribution in [3.8, 4) is 0 Å². The van der Waals surface area contributed by atoms with Gasteiger partial charge in [0, 0.05) is 20.6 Å². The second kappa shape index (κ2) is 7.65. The molecule has 1 aromatic heterocycles. The van der Waals surface area contributed by atoms with E-state index in [4.69, 9.17) is 4.74 Å². The Morgan fingerprint density at radius 3 is 2.92 bits per heavy atom. The lowest BCUT2D eigenvalue weighted by molar-refractivity contribution is -0.00835. The van der Waals surface area contributed by atoms with Gasteiger partial charge in [-0.25, -0.2) is 0 Å². The molecule has 0 amide bonds. The van der Waals surface area contributed by atoms with Crippen LogP contribution in [0.15, 0.2) is 29.5 Å². The highest BCUT2D eigenvalue weighted by Gasteiger charge is 2.25. The molecule has 0 radical (unpaired) electrons. The summed E-state index contributed by atoms with van der Waals surface area (Å²) in [6.45, 7) is 7.13. The van der Waals surface area contributed by atoms with Crippen molar-refractivity contribution < 1.29 is 4.74 Å². The molecule has 3 rings (SSSR count). The zero-order valence-corrected chi connectivity index (χ0v) is 15.4. The lowest BCUT2D eigenvalue weighted by Gasteiger charge is -2.35. The number of guanidine groups is 1. The summed E-state index contributed by atoms with van der Waals surface area (Å²) in [7, 11) is 3.74. The summed E-state index contributed by atoms with van der Waals surface area (Å²) in [5.41, 5.74) is 3.79. The molecule has 0 aliphatic carbocycles. The molecule has 1 saturated heterocycles.